The van der Waals surface area contributed by atoms with Gasteiger partial charge >= 0.3 is 79.2 Å². The molecule has 0 spiro atoms. The van der Waals surface area contributed by atoms with Crippen molar-refractivity contribution in [2.75, 3.05) is 13.6 Å². The fraction of sp³-hybridized carbons (Fsp3) is 0.556. The molecule has 0 saturated carbocycles. The van der Waals surface area contributed by atoms with Crippen LogP contribution >= 0.6 is 7.92 Å². The Morgan fingerprint density at radius 2 is 2.23 bits per heavy atom. The van der Waals surface area contributed by atoms with E-state index in [2.05, 4.69) is 12.2 Å². The van der Waals surface area contributed by atoms with Crippen molar-refractivity contribution in [3.63, 3.8) is 0 Å². The predicted molar refractivity (Wildman–Crippen MR) is 53.2 cm³/mol. The van der Waals surface area contributed by atoms with Crippen LogP contribution in [0, 0.1) is 5.63 Å². The number of unbranched alkanes of at least 4 members (excludes halogenated alkanes) is 1. The number of likely N-dealkylation sites (N-methyl/N-ethyl adjacent to an activating group) is 1. The van der Waals surface area contributed by atoms with E-state index in [-0.39, 0.29) is 13.8 Å². The van der Waals surface area contributed by atoms with Gasteiger partial charge in [-0.25, -0.2) is 0 Å². The summed E-state index contributed by atoms with van der Waals surface area (Å²) in [7, 11) is 1.67. The van der Waals surface area contributed by atoms with Gasteiger partial charge in [-0.1, -0.05) is 0 Å². The minimum absolute atomic E-state index is 0.0420. The van der Waals surface area contributed by atoms with Crippen LogP contribution in [-0.2, 0) is 9.36 Å². The van der Waals surface area contributed by atoms with E-state index >= 15 is 0 Å². The van der Waals surface area contributed by atoms with E-state index in [0.29, 0.717) is 18.5 Å². The Hall–Kier alpha value is -0.780. The van der Waals surface area contributed by atoms with Crippen LogP contribution in [0.25, 0.3) is 0 Å². The second kappa shape index (κ2) is 6.71. The molecule has 0 bridgehead atoms. The van der Waals surface area contributed by atoms with Crippen molar-refractivity contribution >= 4 is 13.8 Å². The van der Waals surface area contributed by atoms with Crippen molar-refractivity contribution in [2.24, 2.45) is 0 Å². The van der Waals surface area contributed by atoms with E-state index in [9.17, 15) is 9.36 Å². The Kier molecular flexibility index (Phi) is 6.30. The second-order valence-electron chi connectivity index (χ2n) is 2.86. The molecule has 0 fully saturated rings. The number of hydrogen-bond donors (Lipinski definition) is 0. The average Bonchev–Trinajstić information content (AvgIpc) is 2.10. The summed E-state index contributed by atoms with van der Waals surface area (Å²) in [5.74, 6) is -0.0420. The van der Waals surface area contributed by atoms with Crippen molar-refractivity contribution in [3.8, 4) is 5.63 Å². The van der Waals surface area contributed by atoms with Crippen LogP contribution in [0.15, 0.2) is 12.2 Å². The molecule has 0 aliphatic rings. The first-order valence-electron chi connectivity index (χ1n) is 4.05. The molecule has 72 valence electrons. The molecule has 13 heavy (non-hydrogen) atoms. The molecule has 4 heteroatoms. The van der Waals surface area contributed by atoms with Gasteiger partial charge in [0.15, 0.2) is 0 Å². The molecular formula is C9H14NO2P. The van der Waals surface area contributed by atoms with Gasteiger partial charge in [0.2, 0.25) is 0 Å². The standard InChI is InChI=1S/C9H14NO2P/c1-8(2)9(11)10(3)6-4-5-7-13-12/h1,4-6H2,2-3H3. The zero-order valence-electron chi connectivity index (χ0n) is 8.04. The molecule has 0 rings (SSSR count). The van der Waals surface area contributed by atoms with Crippen molar-refractivity contribution in [3.05, 3.63) is 12.2 Å². The summed E-state index contributed by atoms with van der Waals surface area (Å²) in [6, 6.07) is 0. The Morgan fingerprint density at radius 1 is 1.62 bits per heavy atom. The molecule has 0 aromatic carbocycles. The average molecular weight is 199 g/mol. The molecule has 0 saturated heterocycles. The maximum atomic E-state index is 11.2. The monoisotopic (exact) mass is 199 g/mol. The third kappa shape index (κ3) is 5.46. The zero-order valence-corrected chi connectivity index (χ0v) is 8.93. The van der Waals surface area contributed by atoms with Crippen molar-refractivity contribution in [1.82, 2.24) is 4.90 Å². The quantitative estimate of drug-likeness (QED) is 0.394. The fourth-order valence-corrected chi connectivity index (χ4v) is 1.12. The molecule has 0 atom stereocenters. The summed E-state index contributed by atoms with van der Waals surface area (Å²) in [6.45, 7) is 5.90. The Bertz CT molecular complexity index is 292. The van der Waals surface area contributed by atoms with E-state index in [1.807, 2.05) is 0 Å². The number of rotatable bonds is 4. The van der Waals surface area contributed by atoms with Crippen LogP contribution in [0.5, 0.6) is 0 Å². The maximum absolute atomic E-state index is 11.2. The van der Waals surface area contributed by atoms with E-state index in [4.69, 9.17) is 0 Å². The van der Waals surface area contributed by atoms with Gasteiger partial charge in [-0.15, -0.1) is 0 Å². The first kappa shape index (κ1) is 12.2. The van der Waals surface area contributed by atoms with Gasteiger partial charge in [0, 0.05) is 0 Å². The van der Waals surface area contributed by atoms with Gasteiger partial charge in [0.1, 0.15) is 0 Å². The molecule has 0 aliphatic carbocycles. The van der Waals surface area contributed by atoms with Crippen molar-refractivity contribution < 1.29 is 9.36 Å². The fourth-order valence-electron chi connectivity index (χ4n) is 0.868. The predicted octanol–water partition coefficient (Wildman–Crippen LogP) is 2.05. The third-order valence-electron chi connectivity index (χ3n) is 1.56. The van der Waals surface area contributed by atoms with Crippen LogP contribution in [0.1, 0.15) is 19.8 Å². The molecule has 0 aliphatic heterocycles. The molecule has 1 amide bonds. The normalized spacial score (nSPS) is 8.77. The van der Waals surface area contributed by atoms with Crippen LogP contribution < -0.4 is 0 Å². The summed E-state index contributed by atoms with van der Waals surface area (Å²) >= 11 is 0. The van der Waals surface area contributed by atoms with E-state index in [0.717, 1.165) is 6.42 Å². The summed E-state index contributed by atoms with van der Waals surface area (Å²) < 4.78 is 9.98. The second-order valence-corrected chi connectivity index (χ2v) is 3.36. The Balaban J connectivity index is 3.78. The van der Waals surface area contributed by atoms with Crippen molar-refractivity contribution in [1.29, 1.82) is 0 Å². The number of amides is 1. The first-order valence-corrected chi connectivity index (χ1v) is 4.87. The topological polar surface area (TPSA) is 37.4 Å². The number of nitrogens with zero attached hydrogens (tertiary/aromatic N) is 1. The van der Waals surface area contributed by atoms with Gasteiger partial charge in [-0.3, -0.25) is 0 Å². The van der Waals surface area contributed by atoms with Gasteiger partial charge in [-0.05, 0) is 0 Å². The summed E-state index contributed by atoms with van der Waals surface area (Å²) in [4.78, 5) is 12.9. The molecule has 3 nitrogen and oxygen atoms in total. The molecule has 0 aromatic heterocycles. The van der Waals surface area contributed by atoms with E-state index in [1.54, 1.807) is 18.9 Å². The van der Waals surface area contributed by atoms with E-state index in [1.165, 1.54) is 0 Å². The van der Waals surface area contributed by atoms with Gasteiger partial charge in [0.05, 0.1) is 0 Å². The van der Waals surface area contributed by atoms with Crippen LogP contribution in [-0.4, -0.2) is 24.4 Å². The molecule has 0 aromatic rings. The van der Waals surface area contributed by atoms with Crippen LogP contribution in [0.4, 0.5) is 0 Å². The third-order valence-corrected chi connectivity index (χ3v) is 1.91. The van der Waals surface area contributed by atoms with Gasteiger partial charge in [-0.2, -0.15) is 0 Å². The minimum atomic E-state index is -0.0615. The van der Waals surface area contributed by atoms with Gasteiger partial charge < -0.3 is 0 Å². The number of hydrogen-bond acceptors (Lipinski definition) is 2. The molecule has 0 N–H and O–H groups in total. The number of carbonyl (C=O) groups excluding carboxylic acids is 1. The Labute approximate surface area is 79.9 Å². The van der Waals surface area contributed by atoms with Crippen LogP contribution in [0.2, 0.25) is 0 Å². The molecule has 0 unspecified atom stereocenters. The zero-order chi connectivity index (χ0) is 10.3. The van der Waals surface area contributed by atoms with Crippen molar-refractivity contribution in [2.45, 2.75) is 19.8 Å². The Morgan fingerprint density at radius 3 is 2.69 bits per heavy atom. The molecule has 0 radical (unpaired) electrons. The molecular weight excluding hydrogens is 185 g/mol. The van der Waals surface area contributed by atoms with Crippen LogP contribution in [0.3, 0.4) is 0 Å². The SMILES string of the molecule is C=C(C)C(=O)N(C)CCCC#P=O. The van der Waals surface area contributed by atoms with Gasteiger partial charge in [0.25, 0.3) is 0 Å². The summed E-state index contributed by atoms with van der Waals surface area (Å²) in [5.41, 5.74) is 3.17. The number of carbonyl (C=O) groups is 1. The van der Waals surface area contributed by atoms with E-state index < -0.39 is 0 Å². The first-order chi connectivity index (χ1) is 6.09. The molecule has 0 heterocycles. The summed E-state index contributed by atoms with van der Waals surface area (Å²) in [5, 5.41) is 0. The summed E-state index contributed by atoms with van der Waals surface area (Å²) in [6.07, 6.45) is 1.42.